The Bertz CT molecular complexity index is 1040. The summed E-state index contributed by atoms with van der Waals surface area (Å²) in [6.07, 6.45) is 1.73. The van der Waals surface area contributed by atoms with Crippen molar-refractivity contribution in [1.29, 1.82) is 0 Å². The smallest absolute Gasteiger partial charge is 0.225 e. The number of carbonyl (C=O) groups is 1. The van der Waals surface area contributed by atoms with Gasteiger partial charge in [0.05, 0.1) is 12.0 Å². The molecule has 33 heavy (non-hydrogen) atoms. The highest BCUT2D eigenvalue weighted by Gasteiger charge is 2.31. The number of nitrogens with zero attached hydrogens (tertiary/aromatic N) is 5. The average Bonchev–Trinajstić information content (AvgIpc) is 3.44. The highest BCUT2D eigenvalue weighted by Crippen LogP contribution is 2.27. The molecule has 172 valence electrons. The van der Waals surface area contributed by atoms with Gasteiger partial charge in [0.2, 0.25) is 5.91 Å². The number of piperazine rings is 1. The molecule has 2 saturated heterocycles. The second-order valence-corrected chi connectivity index (χ2v) is 9.47. The molecule has 4 heterocycles. The maximum atomic E-state index is 13.1. The number of carbonyl (C=O) groups excluding carboxylic acids is 1. The Morgan fingerprint density at radius 1 is 0.909 bits per heavy atom. The SMILES string of the molecule is COc1ccc(N2CCN(C(=O)C3CCN(c4ccc(-c5cccs5)nn4)CC3)CC2)cc1. The van der Waals surface area contributed by atoms with Crippen LogP contribution >= 0.6 is 11.3 Å². The summed E-state index contributed by atoms with van der Waals surface area (Å²) >= 11 is 1.67. The molecular weight excluding hydrogens is 434 g/mol. The van der Waals surface area contributed by atoms with Crippen LogP contribution in [0.2, 0.25) is 0 Å². The predicted molar refractivity (Wildman–Crippen MR) is 132 cm³/mol. The van der Waals surface area contributed by atoms with Crippen molar-refractivity contribution in [2.45, 2.75) is 12.8 Å². The van der Waals surface area contributed by atoms with Gasteiger partial charge in [0.1, 0.15) is 11.4 Å². The van der Waals surface area contributed by atoms with Gasteiger partial charge in [0, 0.05) is 50.9 Å². The Morgan fingerprint density at radius 2 is 1.67 bits per heavy atom. The molecule has 0 aliphatic carbocycles. The highest BCUT2D eigenvalue weighted by molar-refractivity contribution is 7.13. The first-order valence-corrected chi connectivity index (χ1v) is 12.4. The van der Waals surface area contributed by atoms with E-state index in [-0.39, 0.29) is 5.92 Å². The van der Waals surface area contributed by atoms with Crippen LogP contribution in [0, 0.1) is 5.92 Å². The third-order valence-electron chi connectivity index (χ3n) is 6.62. The molecule has 0 bridgehead atoms. The number of piperidine rings is 1. The largest absolute Gasteiger partial charge is 0.497 e. The van der Waals surface area contributed by atoms with E-state index < -0.39 is 0 Å². The fraction of sp³-hybridized carbons (Fsp3) is 0.400. The van der Waals surface area contributed by atoms with Crippen LogP contribution in [0.3, 0.4) is 0 Å². The van der Waals surface area contributed by atoms with Crippen molar-refractivity contribution < 1.29 is 9.53 Å². The van der Waals surface area contributed by atoms with Crippen molar-refractivity contribution in [1.82, 2.24) is 15.1 Å². The molecule has 2 fully saturated rings. The number of thiophene rings is 1. The zero-order chi connectivity index (χ0) is 22.6. The second kappa shape index (κ2) is 9.79. The monoisotopic (exact) mass is 463 g/mol. The van der Waals surface area contributed by atoms with E-state index in [1.165, 1.54) is 5.69 Å². The Kier molecular flexibility index (Phi) is 6.44. The van der Waals surface area contributed by atoms with Crippen LogP contribution in [-0.2, 0) is 4.79 Å². The van der Waals surface area contributed by atoms with Crippen LogP contribution in [0.4, 0.5) is 11.5 Å². The number of anilines is 2. The van der Waals surface area contributed by atoms with Crippen LogP contribution in [0.25, 0.3) is 10.6 Å². The molecule has 2 aliphatic rings. The molecule has 3 aromatic rings. The lowest BCUT2D eigenvalue weighted by Gasteiger charge is -2.39. The summed E-state index contributed by atoms with van der Waals surface area (Å²) in [6.45, 7) is 4.97. The predicted octanol–water partition coefficient (Wildman–Crippen LogP) is 3.78. The highest BCUT2D eigenvalue weighted by atomic mass is 32.1. The van der Waals surface area contributed by atoms with E-state index in [1.807, 2.05) is 35.7 Å². The first kappa shape index (κ1) is 21.7. The minimum atomic E-state index is 0.104. The van der Waals surface area contributed by atoms with Crippen molar-refractivity contribution in [3.05, 3.63) is 53.9 Å². The van der Waals surface area contributed by atoms with Crippen molar-refractivity contribution in [2.75, 3.05) is 56.2 Å². The standard InChI is InChI=1S/C25H29N5O2S/c1-32-21-6-4-20(5-7-21)28-14-16-30(17-15-28)25(31)19-10-12-29(13-11-19)24-9-8-22(26-27-24)23-3-2-18-33-23/h2-9,18-19H,10-17H2,1H3. The molecule has 0 radical (unpaired) electrons. The van der Waals surface area contributed by atoms with Gasteiger partial charge in [-0.1, -0.05) is 6.07 Å². The van der Waals surface area contributed by atoms with Crippen LogP contribution in [0.5, 0.6) is 5.75 Å². The minimum absolute atomic E-state index is 0.104. The molecular formula is C25H29N5O2S. The third-order valence-corrected chi connectivity index (χ3v) is 7.51. The Morgan fingerprint density at radius 3 is 2.27 bits per heavy atom. The number of hydrogen-bond acceptors (Lipinski definition) is 7. The van der Waals surface area contributed by atoms with Crippen LogP contribution in [0.1, 0.15) is 12.8 Å². The van der Waals surface area contributed by atoms with E-state index in [0.29, 0.717) is 5.91 Å². The number of ether oxygens (including phenoxy) is 1. The summed E-state index contributed by atoms with van der Waals surface area (Å²) in [5.74, 6) is 2.17. The van der Waals surface area contributed by atoms with Gasteiger partial charge in [0.25, 0.3) is 0 Å². The molecule has 0 unspecified atom stereocenters. The number of amides is 1. The molecule has 7 nitrogen and oxygen atoms in total. The van der Waals surface area contributed by atoms with Gasteiger partial charge < -0.3 is 19.4 Å². The Labute approximate surface area is 198 Å². The maximum Gasteiger partial charge on any atom is 0.225 e. The second-order valence-electron chi connectivity index (χ2n) is 8.53. The zero-order valence-electron chi connectivity index (χ0n) is 18.9. The van der Waals surface area contributed by atoms with Gasteiger partial charge in [-0.3, -0.25) is 4.79 Å². The molecule has 0 atom stereocenters. The minimum Gasteiger partial charge on any atom is -0.497 e. The van der Waals surface area contributed by atoms with Gasteiger partial charge in [-0.05, 0) is 60.7 Å². The lowest BCUT2D eigenvalue weighted by molar-refractivity contribution is -0.136. The molecule has 2 aromatic heterocycles. The van der Waals surface area contributed by atoms with E-state index >= 15 is 0 Å². The molecule has 2 aliphatic heterocycles. The van der Waals surface area contributed by atoms with Crippen LogP contribution in [0.15, 0.2) is 53.9 Å². The quantitative estimate of drug-likeness (QED) is 0.574. The molecule has 0 saturated carbocycles. The first-order valence-electron chi connectivity index (χ1n) is 11.5. The Hall–Kier alpha value is -3.13. The first-order chi connectivity index (χ1) is 16.2. The molecule has 1 aromatic carbocycles. The van der Waals surface area contributed by atoms with Gasteiger partial charge >= 0.3 is 0 Å². The summed E-state index contributed by atoms with van der Waals surface area (Å²) in [5.41, 5.74) is 2.09. The summed E-state index contributed by atoms with van der Waals surface area (Å²) < 4.78 is 5.25. The van der Waals surface area contributed by atoms with Crippen molar-refractivity contribution in [3.63, 3.8) is 0 Å². The van der Waals surface area contributed by atoms with E-state index in [0.717, 1.165) is 74.2 Å². The molecule has 0 N–H and O–H groups in total. The van der Waals surface area contributed by atoms with Gasteiger partial charge in [-0.2, -0.15) is 0 Å². The molecule has 5 rings (SSSR count). The zero-order valence-corrected chi connectivity index (χ0v) is 19.7. The molecule has 1 amide bonds. The summed E-state index contributed by atoms with van der Waals surface area (Å²) in [5, 5.41) is 10.9. The normalized spacial score (nSPS) is 17.3. The summed E-state index contributed by atoms with van der Waals surface area (Å²) in [7, 11) is 1.68. The fourth-order valence-electron chi connectivity index (χ4n) is 4.64. The summed E-state index contributed by atoms with van der Waals surface area (Å²) in [4.78, 5) is 20.9. The van der Waals surface area contributed by atoms with Crippen LogP contribution < -0.4 is 14.5 Å². The Balaban J connectivity index is 1.11. The molecule has 0 spiro atoms. The number of hydrogen-bond donors (Lipinski definition) is 0. The third kappa shape index (κ3) is 4.80. The van der Waals surface area contributed by atoms with Crippen LogP contribution in [-0.4, -0.2) is 67.4 Å². The van der Waals surface area contributed by atoms with Crippen molar-refractivity contribution >= 4 is 28.7 Å². The average molecular weight is 464 g/mol. The fourth-order valence-corrected chi connectivity index (χ4v) is 5.33. The van der Waals surface area contributed by atoms with Gasteiger partial charge in [-0.25, -0.2) is 0 Å². The van der Waals surface area contributed by atoms with E-state index in [4.69, 9.17) is 4.74 Å². The summed E-state index contributed by atoms with van der Waals surface area (Å²) in [6, 6.07) is 16.3. The number of benzene rings is 1. The van der Waals surface area contributed by atoms with Gasteiger partial charge in [-0.15, -0.1) is 21.5 Å². The number of methoxy groups -OCH3 is 1. The lowest BCUT2D eigenvalue weighted by Crippen LogP contribution is -2.51. The number of rotatable bonds is 5. The van der Waals surface area contributed by atoms with Gasteiger partial charge in [0.15, 0.2) is 5.82 Å². The van der Waals surface area contributed by atoms with E-state index in [9.17, 15) is 4.79 Å². The van der Waals surface area contributed by atoms with Crippen molar-refractivity contribution in [2.24, 2.45) is 5.92 Å². The maximum absolute atomic E-state index is 13.1. The topological polar surface area (TPSA) is 61.8 Å². The van der Waals surface area contributed by atoms with Crippen molar-refractivity contribution in [3.8, 4) is 16.3 Å². The molecule has 8 heteroatoms. The number of aromatic nitrogens is 2. The van der Waals surface area contributed by atoms with E-state index in [1.54, 1.807) is 18.4 Å². The lowest BCUT2D eigenvalue weighted by atomic mass is 9.95. The van der Waals surface area contributed by atoms with E-state index in [2.05, 4.69) is 43.1 Å².